The fraction of sp³-hybridized carbons (Fsp3) is 0.529. The summed E-state index contributed by atoms with van der Waals surface area (Å²) in [7, 11) is 0. The van der Waals surface area contributed by atoms with Crippen molar-refractivity contribution >= 4 is 11.4 Å². The predicted molar refractivity (Wildman–Crippen MR) is 90.2 cm³/mol. The van der Waals surface area contributed by atoms with Gasteiger partial charge in [-0.15, -0.1) is 0 Å². The molecule has 1 N–H and O–H groups in total. The summed E-state index contributed by atoms with van der Waals surface area (Å²) in [5, 5.41) is 7.18. The van der Waals surface area contributed by atoms with Crippen LogP contribution >= 0.6 is 0 Å². The minimum Gasteiger partial charge on any atom is -0.353 e. The fourth-order valence-electron chi connectivity index (χ4n) is 3.00. The van der Waals surface area contributed by atoms with Crippen molar-refractivity contribution in [2.45, 2.75) is 26.4 Å². The van der Waals surface area contributed by atoms with Crippen LogP contribution in [-0.4, -0.2) is 64.1 Å². The second-order valence-electron chi connectivity index (χ2n) is 6.51. The van der Waals surface area contributed by atoms with Gasteiger partial charge in [-0.05, 0) is 37.6 Å². The molecule has 1 aliphatic heterocycles. The number of amides is 1. The summed E-state index contributed by atoms with van der Waals surface area (Å²) in [4.78, 5) is 16.5. The summed E-state index contributed by atoms with van der Waals surface area (Å²) in [6.07, 6.45) is 3.83. The zero-order chi connectivity index (χ0) is 16.2. The van der Waals surface area contributed by atoms with Gasteiger partial charge >= 0.3 is 0 Å². The maximum Gasteiger partial charge on any atom is 0.234 e. The van der Waals surface area contributed by atoms with Gasteiger partial charge in [-0.3, -0.25) is 14.6 Å². The Kier molecular flexibility index (Phi) is 4.93. The molecular weight excluding hydrogens is 290 g/mol. The molecule has 2 aromatic rings. The normalized spacial score (nSPS) is 17.0. The molecule has 0 radical (unpaired) electrons. The zero-order valence-corrected chi connectivity index (χ0v) is 13.9. The SMILES string of the molecule is CC(C)NC(=O)CN1CCN(Cc2ccn3nccc3c2)CC1. The van der Waals surface area contributed by atoms with Crippen molar-refractivity contribution in [2.24, 2.45) is 0 Å². The molecule has 0 aromatic carbocycles. The number of fused-ring (bicyclic) bond motifs is 1. The highest BCUT2D eigenvalue weighted by Gasteiger charge is 2.19. The molecule has 3 rings (SSSR count). The molecule has 0 unspecified atom stereocenters. The minimum atomic E-state index is 0.125. The number of hydrogen-bond acceptors (Lipinski definition) is 4. The summed E-state index contributed by atoms with van der Waals surface area (Å²) >= 11 is 0. The molecule has 6 heteroatoms. The van der Waals surface area contributed by atoms with Crippen LogP contribution in [-0.2, 0) is 11.3 Å². The summed E-state index contributed by atoms with van der Waals surface area (Å²) in [5.74, 6) is 0.125. The van der Waals surface area contributed by atoms with E-state index in [1.165, 1.54) is 5.56 Å². The van der Waals surface area contributed by atoms with Crippen LogP contribution < -0.4 is 5.32 Å². The average Bonchev–Trinajstić information content (AvgIpc) is 2.96. The first-order valence-corrected chi connectivity index (χ1v) is 8.26. The molecule has 1 aliphatic rings. The second-order valence-corrected chi connectivity index (χ2v) is 6.51. The third kappa shape index (κ3) is 4.30. The lowest BCUT2D eigenvalue weighted by Gasteiger charge is -2.34. The van der Waals surface area contributed by atoms with Gasteiger partial charge in [0.05, 0.1) is 12.1 Å². The van der Waals surface area contributed by atoms with E-state index in [1.54, 1.807) is 0 Å². The number of nitrogens with one attached hydrogen (secondary N) is 1. The van der Waals surface area contributed by atoms with Gasteiger partial charge in [0, 0.05) is 51.2 Å². The molecule has 2 aromatic heterocycles. The van der Waals surface area contributed by atoms with E-state index in [-0.39, 0.29) is 11.9 Å². The number of carbonyl (C=O) groups excluding carboxylic acids is 1. The number of pyridine rings is 1. The molecule has 3 heterocycles. The van der Waals surface area contributed by atoms with Crippen LogP contribution in [0.1, 0.15) is 19.4 Å². The first kappa shape index (κ1) is 16.0. The lowest BCUT2D eigenvalue weighted by atomic mass is 10.2. The molecule has 0 atom stereocenters. The predicted octanol–water partition coefficient (Wildman–Crippen LogP) is 0.977. The van der Waals surface area contributed by atoms with Gasteiger partial charge in [-0.2, -0.15) is 5.10 Å². The molecule has 1 saturated heterocycles. The molecule has 1 fully saturated rings. The summed E-state index contributed by atoms with van der Waals surface area (Å²) in [5.41, 5.74) is 2.44. The van der Waals surface area contributed by atoms with Gasteiger partial charge in [0.15, 0.2) is 0 Å². The van der Waals surface area contributed by atoms with Crippen LogP contribution in [0.5, 0.6) is 0 Å². The summed E-state index contributed by atoms with van der Waals surface area (Å²) < 4.78 is 1.88. The van der Waals surface area contributed by atoms with E-state index < -0.39 is 0 Å². The van der Waals surface area contributed by atoms with Crippen molar-refractivity contribution in [1.29, 1.82) is 0 Å². The summed E-state index contributed by atoms with van der Waals surface area (Å²) in [6, 6.07) is 6.55. The highest BCUT2D eigenvalue weighted by atomic mass is 16.2. The first-order valence-electron chi connectivity index (χ1n) is 8.26. The van der Waals surface area contributed by atoms with Crippen molar-refractivity contribution in [3.63, 3.8) is 0 Å². The van der Waals surface area contributed by atoms with Crippen molar-refractivity contribution in [1.82, 2.24) is 24.7 Å². The Morgan fingerprint density at radius 2 is 1.96 bits per heavy atom. The van der Waals surface area contributed by atoms with Crippen LogP contribution in [0.2, 0.25) is 0 Å². The Labute approximate surface area is 137 Å². The molecule has 0 spiro atoms. The largest absolute Gasteiger partial charge is 0.353 e. The quantitative estimate of drug-likeness (QED) is 0.893. The van der Waals surface area contributed by atoms with Crippen molar-refractivity contribution in [3.05, 3.63) is 36.2 Å². The minimum absolute atomic E-state index is 0.125. The highest BCUT2D eigenvalue weighted by Crippen LogP contribution is 2.11. The first-order chi connectivity index (χ1) is 11.1. The molecule has 0 bridgehead atoms. The van der Waals surface area contributed by atoms with Crippen molar-refractivity contribution < 1.29 is 4.79 Å². The topological polar surface area (TPSA) is 52.9 Å². The molecule has 0 saturated carbocycles. The lowest BCUT2D eigenvalue weighted by Crippen LogP contribution is -2.49. The lowest BCUT2D eigenvalue weighted by molar-refractivity contribution is -0.123. The van der Waals surface area contributed by atoms with E-state index in [1.807, 2.05) is 36.8 Å². The maximum absolute atomic E-state index is 11.8. The number of rotatable bonds is 5. The monoisotopic (exact) mass is 315 g/mol. The van der Waals surface area contributed by atoms with Crippen LogP contribution in [0.15, 0.2) is 30.6 Å². The third-order valence-corrected chi connectivity index (χ3v) is 4.15. The van der Waals surface area contributed by atoms with E-state index >= 15 is 0 Å². The van der Waals surface area contributed by atoms with Crippen molar-refractivity contribution in [3.8, 4) is 0 Å². The van der Waals surface area contributed by atoms with Gasteiger partial charge in [0.25, 0.3) is 0 Å². The van der Waals surface area contributed by atoms with Gasteiger partial charge in [-0.1, -0.05) is 0 Å². The van der Waals surface area contributed by atoms with Gasteiger partial charge < -0.3 is 5.32 Å². The van der Waals surface area contributed by atoms with Crippen molar-refractivity contribution in [2.75, 3.05) is 32.7 Å². The standard InChI is InChI=1S/C17H25N5O/c1-14(2)19-17(23)13-21-9-7-20(8-10-21)12-15-4-6-22-16(11-15)3-5-18-22/h3-6,11,14H,7-10,12-13H2,1-2H3,(H,19,23). The van der Waals surface area contributed by atoms with Gasteiger partial charge in [-0.25, -0.2) is 4.52 Å². The number of aromatic nitrogens is 2. The molecule has 0 aliphatic carbocycles. The Morgan fingerprint density at radius 3 is 2.70 bits per heavy atom. The average molecular weight is 315 g/mol. The van der Waals surface area contributed by atoms with Gasteiger partial charge in [0.1, 0.15) is 0 Å². The van der Waals surface area contributed by atoms with E-state index in [9.17, 15) is 4.79 Å². The fourth-order valence-corrected chi connectivity index (χ4v) is 3.00. The van der Waals surface area contributed by atoms with E-state index in [0.29, 0.717) is 6.54 Å². The zero-order valence-electron chi connectivity index (χ0n) is 13.9. The molecule has 23 heavy (non-hydrogen) atoms. The maximum atomic E-state index is 11.8. The van der Waals surface area contributed by atoms with Gasteiger partial charge in [0.2, 0.25) is 5.91 Å². The Morgan fingerprint density at radius 1 is 1.22 bits per heavy atom. The van der Waals surface area contributed by atoms with E-state index in [0.717, 1.165) is 38.2 Å². The number of nitrogens with zero attached hydrogens (tertiary/aromatic N) is 4. The van der Waals surface area contributed by atoms with E-state index in [2.05, 4.69) is 32.3 Å². The van der Waals surface area contributed by atoms with Crippen LogP contribution in [0.3, 0.4) is 0 Å². The highest BCUT2D eigenvalue weighted by molar-refractivity contribution is 5.78. The Balaban J connectivity index is 1.48. The van der Waals surface area contributed by atoms with Crippen LogP contribution in [0, 0.1) is 0 Å². The van der Waals surface area contributed by atoms with Crippen LogP contribution in [0.4, 0.5) is 0 Å². The second kappa shape index (κ2) is 7.10. The van der Waals surface area contributed by atoms with E-state index in [4.69, 9.17) is 0 Å². The summed E-state index contributed by atoms with van der Waals surface area (Å²) in [6.45, 7) is 9.33. The molecule has 1 amide bonds. The Hall–Kier alpha value is -1.92. The number of piperazine rings is 1. The van der Waals surface area contributed by atoms with Crippen LogP contribution in [0.25, 0.3) is 5.52 Å². The number of carbonyl (C=O) groups is 1. The molecule has 124 valence electrons. The number of hydrogen-bond donors (Lipinski definition) is 1. The smallest absolute Gasteiger partial charge is 0.234 e. The Bertz CT molecular complexity index is 658. The third-order valence-electron chi connectivity index (χ3n) is 4.15. The molecular formula is C17H25N5O. The molecule has 6 nitrogen and oxygen atoms in total.